The van der Waals surface area contributed by atoms with Crippen LogP contribution >= 0.6 is 0 Å². The Kier molecular flexibility index (Phi) is 1.99. The first kappa shape index (κ1) is 9.45. The van der Waals surface area contributed by atoms with E-state index in [9.17, 15) is 13.5 Å². The fourth-order valence-electron chi connectivity index (χ4n) is 1.24. The van der Waals surface area contributed by atoms with Gasteiger partial charge in [-0.25, -0.2) is 13.4 Å². The van der Waals surface area contributed by atoms with Crippen molar-refractivity contribution in [2.45, 2.75) is 30.0 Å². The van der Waals surface area contributed by atoms with E-state index in [0.717, 1.165) is 12.8 Å². The molecule has 0 amide bonds. The summed E-state index contributed by atoms with van der Waals surface area (Å²) in [6.45, 7) is 1.58. The normalized spacial score (nSPS) is 16.9. The molecule has 1 aliphatic carbocycles. The quantitative estimate of drug-likeness (QED) is 0.796. The lowest BCUT2D eigenvalue weighted by molar-refractivity contribution is 0.466. The molecular weight excluding hydrogens is 202 g/mol. The SMILES string of the molecule is Cc1nc(S(=O)(=O)C2CC2)ccc1O. The Morgan fingerprint density at radius 2 is 2.07 bits per heavy atom. The second-order valence-electron chi connectivity index (χ2n) is 3.50. The molecule has 1 heterocycles. The summed E-state index contributed by atoms with van der Waals surface area (Å²) in [5, 5.41) is 9.03. The molecule has 1 fully saturated rings. The summed E-state index contributed by atoms with van der Waals surface area (Å²) in [5.74, 6) is 0.0275. The molecule has 1 saturated carbocycles. The Morgan fingerprint density at radius 1 is 1.43 bits per heavy atom. The molecule has 2 rings (SSSR count). The predicted octanol–water partition coefficient (Wildman–Crippen LogP) is 1.03. The van der Waals surface area contributed by atoms with E-state index in [1.807, 2.05) is 0 Å². The van der Waals surface area contributed by atoms with Gasteiger partial charge in [0.25, 0.3) is 0 Å². The first-order valence-electron chi connectivity index (χ1n) is 4.42. The number of hydrogen-bond donors (Lipinski definition) is 1. The van der Waals surface area contributed by atoms with E-state index in [4.69, 9.17) is 0 Å². The summed E-state index contributed by atoms with van der Waals surface area (Å²) in [6, 6.07) is 2.73. The zero-order valence-corrected chi connectivity index (χ0v) is 8.58. The molecule has 76 valence electrons. The van der Waals surface area contributed by atoms with E-state index in [-0.39, 0.29) is 16.0 Å². The third kappa shape index (κ3) is 1.48. The Bertz CT molecular complexity index is 463. The van der Waals surface area contributed by atoms with Gasteiger partial charge in [-0.3, -0.25) is 0 Å². The molecule has 0 bridgehead atoms. The van der Waals surface area contributed by atoms with Crippen LogP contribution in [-0.4, -0.2) is 23.8 Å². The average Bonchev–Trinajstić information content (AvgIpc) is 2.92. The Hall–Kier alpha value is -1.10. The number of aromatic hydroxyl groups is 1. The molecule has 0 aliphatic heterocycles. The van der Waals surface area contributed by atoms with E-state index in [1.165, 1.54) is 12.1 Å². The van der Waals surface area contributed by atoms with Gasteiger partial charge in [-0.1, -0.05) is 0 Å². The predicted molar refractivity (Wildman–Crippen MR) is 50.8 cm³/mol. The van der Waals surface area contributed by atoms with E-state index >= 15 is 0 Å². The molecule has 4 nitrogen and oxygen atoms in total. The molecule has 0 spiro atoms. The van der Waals surface area contributed by atoms with Crippen molar-refractivity contribution in [1.82, 2.24) is 4.98 Å². The van der Waals surface area contributed by atoms with Crippen LogP contribution in [0.25, 0.3) is 0 Å². The first-order valence-corrected chi connectivity index (χ1v) is 5.97. The molecule has 1 N–H and O–H groups in total. The van der Waals surface area contributed by atoms with E-state index in [1.54, 1.807) is 6.92 Å². The van der Waals surface area contributed by atoms with Gasteiger partial charge in [0.1, 0.15) is 5.75 Å². The highest BCUT2D eigenvalue weighted by Gasteiger charge is 2.37. The molecule has 1 aromatic rings. The molecule has 5 heteroatoms. The van der Waals surface area contributed by atoms with Gasteiger partial charge in [-0.05, 0) is 31.9 Å². The summed E-state index contributed by atoms with van der Waals surface area (Å²) >= 11 is 0. The lowest BCUT2D eigenvalue weighted by atomic mass is 10.3. The monoisotopic (exact) mass is 213 g/mol. The number of pyridine rings is 1. The van der Waals surface area contributed by atoms with Gasteiger partial charge in [0.05, 0.1) is 10.9 Å². The van der Waals surface area contributed by atoms with Crippen molar-refractivity contribution < 1.29 is 13.5 Å². The maximum Gasteiger partial charge on any atom is 0.198 e. The van der Waals surface area contributed by atoms with Crippen LogP contribution in [0.3, 0.4) is 0 Å². The summed E-state index contributed by atoms with van der Waals surface area (Å²) < 4.78 is 23.4. The molecule has 1 aromatic heterocycles. The molecule has 0 aromatic carbocycles. The summed E-state index contributed by atoms with van der Waals surface area (Å²) in [6.07, 6.45) is 1.45. The van der Waals surface area contributed by atoms with Crippen LogP contribution in [-0.2, 0) is 9.84 Å². The van der Waals surface area contributed by atoms with E-state index in [0.29, 0.717) is 5.69 Å². The standard InChI is InChI=1S/C9H11NO3S/c1-6-8(11)4-5-9(10-6)14(12,13)7-2-3-7/h4-5,7,11H,2-3H2,1H3. The van der Waals surface area contributed by atoms with Gasteiger partial charge < -0.3 is 5.11 Å². The lowest BCUT2D eigenvalue weighted by Gasteiger charge is -2.03. The third-order valence-corrected chi connectivity index (χ3v) is 4.45. The summed E-state index contributed by atoms with van der Waals surface area (Å²) in [4.78, 5) is 3.87. The number of sulfone groups is 1. The van der Waals surface area contributed by atoms with Gasteiger partial charge in [0.15, 0.2) is 14.9 Å². The van der Waals surface area contributed by atoms with Crippen molar-refractivity contribution >= 4 is 9.84 Å². The molecule has 14 heavy (non-hydrogen) atoms. The van der Waals surface area contributed by atoms with Gasteiger partial charge in [0, 0.05) is 0 Å². The number of rotatable bonds is 2. The van der Waals surface area contributed by atoms with Crippen LogP contribution in [0.1, 0.15) is 18.5 Å². The van der Waals surface area contributed by atoms with Crippen LogP contribution in [0.15, 0.2) is 17.2 Å². The van der Waals surface area contributed by atoms with E-state index in [2.05, 4.69) is 4.98 Å². The van der Waals surface area contributed by atoms with Crippen molar-refractivity contribution in [3.8, 4) is 5.75 Å². The summed E-state index contributed by atoms with van der Waals surface area (Å²) in [5.41, 5.74) is 0.353. The number of aromatic nitrogens is 1. The topological polar surface area (TPSA) is 67.3 Å². The Morgan fingerprint density at radius 3 is 2.57 bits per heavy atom. The van der Waals surface area contributed by atoms with Crippen LogP contribution in [0.5, 0.6) is 5.75 Å². The number of hydrogen-bond acceptors (Lipinski definition) is 4. The summed E-state index contributed by atoms with van der Waals surface area (Å²) in [7, 11) is -3.23. The number of aryl methyl sites for hydroxylation is 1. The highest BCUT2D eigenvalue weighted by molar-refractivity contribution is 7.92. The second-order valence-corrected chi connectivity index (χ2v) is 5.67. The molecule has 0 atom stereocenters. The largest absolute Gasteiger partial charge is 0.506 e. The van der Waals surface area contributed by atoms with Crippen LogP contribution < -0.4 is 0 Å². The average molecular weight is 213 g/mol. The smallest absolute Gasteiger partial charge is 0.198 e. The fourth-order valence-corrected chi connectivity index (χ4v) is 2.86. The second kappa shape index (κ2) is 2.95. The van der Waals surface area contributed by atoms with Crippen molar-refractivity contribution in [3.05, 3.63) is 17.8 Å². The highest BCUT2D eigenvalue weighted by atomic mass is 32.2. The minimum absolute atomic E-state index is 0.0275. The Labute approximate surface area is 82.5 Å². The molecule has 0 radical (unpaired) electrons. The van der Waals surface area contributed by atoms with Gasteiger partial charge in [-0.2, -0.15) is 0 Å². The third-order valence-electron chi connectivity index (χ3n) is 2.29. The van der Waals surface area contributed by atoms with Crippen molar-refractivity contribution in [3.63, 3.8) is 0 Å². The van der Waals surface area contributed by atoms with Crippen LogP contribution in [0.2, 0.25) is 0 Å². The van der Waals surface area contributed by atoms with Gasteiger partial charge in [-0.15, -0.1) is 0 Å². The lowest BCUT2D eigenvalue weighted by Crippen LogP contribution is -2.09. The van der Waals surface area contributed by atoms with Crippen molar-refractivity contribution in [2.24, 2.45) is 0 Å². The zero-order chi connectivity index (χ0) is 10.3. The molecular formula is C9H11NO3S. The zero-order valence-electron chi connectivity index (χ0n) is 7.77. The first-order chi connectivity index (χ1) is 6.51. The van der Waals surface area contributed by atoms with Gasteiger partial charge in [0.2, 0.25) is 0 Å². The van der Waals surface area contributed by atoms with Crippen LogP contribution in [0, 0.1) is 6.92 Å². The van der Waals surface area contributed by atoms with Gasteiger partial charge >= 0.3 is 0 Å². The highest BCUT2D eigenvalue weighted by Crippen LogP contribution is 2.33. The van der Waals surface area contributed by atoms with Crippen molar-refractivity contribution in [1.29, 1.82) is 0 Å². The molecule has 0 unspecified atom stereocenters. The minimum atomic E-state index is -3.23. The van der Waals surface area contributed by atoms with Crippen molar-refractivity contribution in [2.75, 3.05) is 0 Å². The Balaban J connectivity index is 2.46. The van der Waals surface area contributed by atoms with E-state index < -0.39 is 9.84 Å². The number of nitrogens with zero attached hydrogens (tertiary/aromatic N) is 1. The fraction of sp³-hybridized carbons (Fsp3) is 0.444. The van der Waals surface area contributed by atoms with Crippen LogP contribution in [0.4, 0.5) is 0 Å². The minimum Gasteiger partial charge on any atom is -0.506 e. The molecule has 0 saturated heterocycles. The maximum atomic E-state index is 11.7. The maximum absolute atomic E-state index is 11.7. The molecule has 1 aliphatic rings.